The van der Waals surface area contributed by atoms with Crippen molar-refractivity contribution in [2.75, 3.05) is 13.1 Å². The summed E-state index contributed by atoms with van der Waals surface area (Å²) in [4.78, 5) is 29.6. The van der Waals surface area contributed by atoms with Gasteiger partial charge >= 0.3 is 6.03 Å². The Morgan fingerprint density at radius 1 is 1.38 bits per heavy atom. The Balaban J connectivity index is 1.67. The summed E-state index contributed by atoms with van der Waals surface area (Å²) in [6.07, 6.45) is 3.77. The van der Waals surface area contributed by atoms with Gasteiger partial charge in [0.25, 0.3) is 5.91 Å². The Morgan fingerprint density at radius 3 is 2.67 bits per heavy atom. The molecule has 0 saturated carbocycles. The van der Waals surface area contributed by atoms with E-state index >= 15 is 0 Å². The van der Waals surface area contributed by atoms with E-state index in [0.29, 0.717) is 23.7 Å². The van der Waals surface area contributed by atoms with Crippen LogP contribution in [0.5, 0.6) is 0 Å². The van der Waals surface area contributed by atoms with Crippen molar-refractivity contribution in [2.24, 2.45) is 5.73 Å². The molecule has 21 heavy (non-hydrogen) atoms. The molecule has 110 valence electrons. The molecular formula is C13H15N5O2S. The molecule has 0 atom stereocenters. The van der Waals surface area contributed by atoms with E-state index in [1.807, 2.05) is 36.0 Å². The van der Waals surface area contributed by atoms with Crippen molar-refractivity contribution in [3.05, 3.63) is 35.1 Å². The van der Waals surface area contributed by atoms with Crippen LogP contribution in [0.25, 0.3) is 5.13 Å². The highest BCUT2D eigenvalue weighted by molar-refractivity contribution is 7.16. The molecule has 3 amide bonds. The Hall–Kier alpha value is -2.35. The molecule has 0 spiro atoms. The van der Waals surface area contributed by atoms with Gasteiger partial charge < -0.3 is 20.5 Å². The van der Waals surface area contributed by atoms with Crippen molar-refractivity contribution in [3.8, 4) is 5.13 Å². The van der Waals surface area contributed by atoms with Crippen LogP contribution in [0.15, 0.2) is 24.5 Å². The molecule has 0 unspecified atom stereocenters. The predicted octanol–water partition coefficient (Wildman–Crippen LogP) is 0.735. The topological polar surface area (TPSA) is 93.2 Å². The lowest BCUT2D eigenvalue weighted by Crippen LogP contribution is -2.62. The second kappa shape index (κ2) is 5.21. The SMILES string of the molecule is Cc1nc(-n2cccc2)sc1C(=O)NC1CN(C(N)=O)C1. The first kappa shape index (κ1) is 13.6. The average molecular weight is 305 g/mol. The number of amides is 3. The van der Waals surface area contributed by atoms with Crippen LogP contribution in [0.1, 0.15) is 15.4 Å². The number of nitrogens with zero attached hydrogens (tertiary/aromatic N) is 3. The molecule has 1 saturated heterocycles. The number of hydrogen-bond donors (Lipinski definition) is 2. The van der Waals surface area contributed by atoms with Crippen LogP contribution < -0.4 is 11.1 Å². The number of nitrogens with two attached hydrogens (primary N) is 1. The molecule has 0 aliphatic carbocycles. The summed E-state index contributed by atoms with van der Waals surface area (Å²) in [5, 5.41) is 3.65. The van der Waals surface area contributed by atoms with Crippen molar-refractivity contribution in [1.29, 1.82) is 0 Å². The quantitative estimate of drug-likeness (QED) is 0.875. The summed E-state index contributed by atoms with van der Waals surface area (Å²) in [5.41, 5.74) is 5.85. The lowest BCUT2D eigenvalue weighted by Gasteiger charge is -2.38. The summed E-state index contributed by atoms with van der Waals surface area (Å²) in [5.74, 6) is -0.155. The lowest BCUT2D eigenvalue weighted by atomic mass is 10.1. The maximum atomic E-state index is 12.2. The largest absolute Gasteiger partial charge is 0.351 e. The zero-order valence-corrected chi connectivity index (χ0v) is 12.3. The second-order valence-corrected chi connectivity index (χ2v) is 5.89. The van der Waals surface area contributed by atoms with Gasteiger partial charge in [0.2, 0.25) is 0 Å². The highest BCUT2D eigenvalue weighted by Crippen LogP contribution is 2.22. The summed E-state index contributed by atoms with van der Waals surface area (Å²) in [6.45, 7) is 2.74. The fourth-order valence-corrected chi connectivity index (χ4v) is 3.10. The number of hydrogen-bond acceptors (Lipinski definition) is 4. The summed E-state index contributed by atoms with van der Waals surface area (Å²) < 4.78 is 1.87. The third kappa shape index (κ3) is 2.62. The molecule has 0 bridgehead atoms. The molecular weight excluding hydrogens is 290 g/mol. The maximum Gasteiger partial charge on any atom is 0.314 e. The van der Waals surface area contributed by atoms with E-state index in [2.05, 4.69) is 10.3 Å². The molecule has 1 aliphatic heterocycles. The number of carbonyl (C=O) groups excluding carboxylic acids is 2. The van der Waals surface area contributed by atoms with Gasteiger partial charge in [-0.15, -0.1) is 0 Å². The fourth-order valence-electron chi connectivity index (χ4n) is 2.17. The Morgan fingerprint density at radius 2 is 2.05 bits per heavy atom. The number of carbonyl (C=O) groups is 2. The number of rotatable bonds is 3. The molecule has 3 rings (SSSR count). The summed E-state index contributed by atoms with van der Waals surface area (Å²) >= 11 is 1.34. The van der Waals surface area contributed by atoms with Gasteiger partial charge in [-0.25, -0.2) is 9.78 Å². The molecule has 8 heteroatoms. The van der Waals surface area contributed by atoms with Crippen molar-refractivity contribution in [1.82, 2.24) is 19.8 Å². The minimum atomic E-state index is -0.454. The second-order valence-electron chi connectivity index (χ2n) is 4.91. The van der Waals surface area contributed by atoms with E-state index in [4.69, 9.17) is 5.73 Å². The number of likely N-dealkylation sites (tertiary alicyclic amines) is 1. The molecule has 1 aliphatic rings. The van der Waals surface area contributed by atoms with Gasteiger partial charge in [-0.2, -0.15) is 0 Å². The van der Waals surface area contributed by atoms with E-state index in [-0.39, 0.29) is 11.9 Å². The fraction of sp³-hybridized carbons (Fsp3) is 0.308. The van der Waals surface area contributed by atoms with E-state index in [9.17, 15) is 9.59 Å². The molecule has 3 N–H and O–H groups in total. The van der Waals surface area contributed by atoms with Crippen LogP contribution in [0.3, 0.4) is 0 Å². The standard InChI is InChI=1S/C13H15N5O2S/c1-8-10(21-13(15-8)17-4-2-3-5-17)11(19)16-9-6-18(7-9)12(14)20/h2-5,9H,6-7H2,1H3,(H2,14,20)(H,16,19). The van der Waals surface area contributed by atoms with Crippen LogP contribution >= 0.6 is 11.3 Å². The number of aromatic nitrogens is 2. The summed E-state index contributed by atoms with van der Waals surface area (Å²) in [7, 11) is 0. The smallest absolute Gasteiger partial charge is 0.314 e. The monoisotopic (exact) mass is 305 g/mol. The zero-order chi connectivity index (χ0) is 15.0. The molecule has 1 fully saturated rings. The number of thiazole rings is 1. The van der Waals surface area contributed by atoms with Gasteiger partial charge in [-0.3, -0.25) is 4.79 Å². The number of primary amides is 1. The van der Waals surface area contributed by atoms with E-state index in [0.717, 1.165) is 5.13 Å². The van der Waals surface area contributed by atoms with Crippen molar-refractivity contribution >= 4 is 23.3 Å². The Bertz CT molecular complexity index is 673. The number of nitrogens with one attached hydrogen (secondary N) is 1. The van der Waals surface area contributed by atoms with Gasteiger partial charge in [-0.05, 0) is 19.1 Å². The van der Waals surface area contributed by atoms with Crippen LogP contribution in [-0.4, -0.2) is 45.5 Å². The Labute approximate surface area is 125 Å². The van der Waals surface area contributed by atoms with Gasteiger partial charge in [0, 0.05) is 25.5 Å². The van der Waals surface area contributed by atoms with Crippen molar-refractivity contribution in [2.45, 2.75) is 13.0 Å². The predicted molar refractivity (Wildman–Crippen MR) is 78.6 cm³/mol. The first-order valence-electron chi connectivity index (χ1n) is 6.50. The normalized spacial score (nSPS) is 14.8. The first-order chi connectivity index (χ1) is 10.0. The van der Waals surface area contributed by atoms with Gasteiger partial charge in [-0.1, -0.05) is 11.3 Å². The van der Waals surface area contributed by atoms with Crippen molar-refractivity contribution < 1.29 is 9.59 Å². The van der Waals surface area contributed by atoms with Crippen LogP contribution in [-0.2, 0) is 0 Å². The van der Waals surface area contributed by atoms with E-state index in [1.165, 1.54) is 16.2 Å². The van der Waals surface area contributed by atoms with Crippen LogP contribution in [0, 0.1) is 6.92 Å². The van der Waals surface area contributed by atoms with E-state index in [1.54, 1.807) is 0 Å². The molecule has 0 aromatic carbocycles. The molecule has 3 heterocycles. The van der Waals surface area contributed by atoms with Crippen molar-refractivity contribution in [3.63, 3.8) is 0 Å². The lowest BCUT2D eigenvalue weighted by molar-refractivity contribution is 0.0864. The highest BCUT2D eigenvalue weighted by atomic mass is 32.1. The van der Waals surface area contributed by atoms with Gasteiger partial charge in [0.05, 0.1) is 11.7 Å². The number of aryl methyl sites for hydroxylation is 1. The summed E-state index contributed by atoms with van der Waals surface area (Å²) in [6, 6.07) is 3.32. The first-order valence-corrected chi connectivity index (χ1v) is 7.32. The third-order valence-electron chi connectivity index (χ3n) is 3.35. The van der Waals surface area contributed by atoms with Gasteiger partial charge in [0.1, 0.15) is 4.88 Å². The number of urea groups is 1. The molecule has 7 nitrogen and oxygen atoms in total. The Kier molecular flexibility index (Phi) is 3.38. The van der Waals surface area contributed by atoms with Gasteiger partial charge in [0.15, 0.2) is 5.13 Å². The maximum absolute atomic E-state index is 12.2. The van der Waals surface area contributed by atoms with Crippen LogP contribution in [0.2, 0.25) is 0 Å². The zero-order valence-electron chi connectivity index (χ0n) is 11.4. The molecule has 2 aromatic rings. The molecule has 2 aromatic heterocycles. The van der Waals surface area contributed by atoms with E-state index < -0.39 is 6.03 Å². The average Bonchev–Trinajstić information content (AvgIpc) is 3.01. The molecule has 0 radical (unpaired) electrons. The minimum absolute atomic E-state index is 0.0403. The minimum Gasteiger partial charge on any atom is -0.351 e. The van der Waals surface area contributed by atoms with Crippen LogP contribution in [0.4, 0.5) is 4.79 Å². The highest BCUT2D eigenvalue weighted by Gasteiger charge is 2.31. The third-order valence-corrected chi connectivity index (χ3v) is 4.51.